The van der Waals surface area contributed by atoms with E-state index in [1.54, 1.807) is 11.8 Å². The maximum absolute atomic E-state index is 12.2. The van der Waals surface area contributed by atoms with Crippen LogP contribution in [0.15, 0.2) is 59.5 Å². The van der Waals surface area contributed by atoms with Gasteiger partial charge in [-0.2, -0.15) is 0 Å². The highest BCUT2D eigenvalue weighted by Gasteiger charge is 2.15. The van der Waals surface area contributed by atoms with Gasteiger partial charge in [0.15, 0.2) is 0 Å². The maximum Gasteiger partial charge on any atom is 0.241 e. The molecular weight excluding hydrogens is 340 g/mol. The predicted octanol–water partition coefficient (Wildman–Crippen LogP) is 4.51. The number of anilines is 1. The van der Waals surface area contributed by atoms with Crippen LogP contribution in [0.3, 0.4) is 0 Å². The van der Waals surface area contributed by atoms with Gasteiger partial charge < -0.3 is 11.1 Å². The normalized spacial score (nSPS) is 12.2. The average molecular weight is 365 g/mol. The molecule has 3 N–H and O–H groups in total. The predicted molar refractivity (Wildman–Crippen MR) is 106 cm³/mol. The first kappa shape index (κ1) is 20.6. The van der Waals surface area contributed by atoms with E-state index < -0.39 is 6.04 Å². The number of halogens is 1. The Morgan fingerprint density at radius 2 is 1.67 bits per heavy atom. The Hall–Kier alpha value is -1.49. The van der Waals surface area contributed by atoms with Gasteiger partial charge in [-0.25, -0.2) is 0 Å². The molecule has 130 valence electrons. The second-order valence-corrected chi connectivity index (χ2v) is 8.42. The summed E-state index contributed by atoms with van der Waals surface area (Å²) in [7, 11) is 0. The Kier molecular flexibility index (Phi) is 7.80. The van der Waals surface area contributed by atoms with Gasteiger partial charge in [-0.15, -0.1) is 24.2 Å². The fourth-order valence-electron chi connectivity index (χ4n) is 2.16. The Labute approximate surface area is 154 Å². The molecule has 5 heteroatoms. The standard InChI is InChI=1S/C19H24N2OS.ClH/c1-19(2,3)23-16-11-9-15(10-12-16)21-18(22)17(20)13-14-7-5-4-6-8-14;/h4-12,17H,13,20H2,1-3H3,(H,21,22);1H/t17-;/m0./s1. The summed E-state index contributed by atoms with van der Waals surface area (Å²) in [5, 5.41) is 2.88. The molecule has 0 saturated heterocycles. The van der Waals surface area contributed by atoms with Crippen molar-refractivity contribution in [3.05, 3.63) is 60.2 Å². The molecule has 0 radical (unpaired) electrons. The fraction of sp³-hybridized carbons (Fsp3) is 0.316. The highest BCUT2D eigenvalue weighted by Crippen LogP contribution is 2.32. The third kappa shape index (κ3) is 6.95. The van der Waals surface area contributed by atoms with Crippen LogP contribution in [-0.4, -0.2) is 16.7 Å². The number of hydrogen-bond acceptors (Lipinski definition) is 3. The zero-order chi connectivity index (χ0) is 16.9. The first-order valence-corrected chi connectivity index (χ1v) is 8.54. The van der Waals surface area contributed by atoms with Crippen LogP contribution in [0, 0.1) is 0 Å². The number of nitrogens with one attached hydrogen (secondary N) is 1. The summed E-state index contributed by atoms with van der Waals surface area (Å²) < 4.78 is 0.169. The summed E-state index contributed by atoms with van der Waals surface area (Å²) in [6.45, 7) is 6.53. The molecule has 2 rings (SSSR count). The molecule has 0 spiro atoms. The van der Waals surface area contributed by atoms with Crippen LogP contribution in [0.4, 0.5) is 5.69 Å². The van der Waals surface area contributed by atoms with Gasteiger partial charge in [-0.3, -0.25) is 4.79 Å². The number of nitrogens with two attached hydrogens (primary N) is 1. The Bertz CT molecular complexity index is 639. The van der Waals surface area contributed by atoms with Crippen LogP contribution in [0.5, 0.6) is 0 Å². The van der Waals surface area contributed by atoms with E-state index in [1.165, 1.54) is 4.90 Å². The molecule has 1 amide bonds. The third-order valence-electron chi connectivity index (χ3n) is 3.18. The Balaban J connectivity index is 0.00000288. The molecule has 2 aromatic rings. The van der Waals surface area contributed by atoms with Gasteiger partial charge in [0, 0.05) is 15.3 Å². The van der Waals surface area contributed by atoms with Gasteiger partial charge >= 0.3 is 0 Å². The molecule has 0 aliphatic carbocycles. The molecular formula is C19H25ClN2OS. The molecule has 0 bridgehead atoms. The summed E-state index contributed by atoms with van der Waals surface area (Å²) in [6, 6.07) is 17.1. The first-order chi connectivity index (χ1) is 10.8. The summed E-state index contributed by atoms with van der Waals surface area (Å²) in [6.07, 6.45) is 0.532. The number of rotatable bonds is 5. The van der Waals surface area contributed by atoms with Crippen molar-refractivity contribution in [2.75, 3.05) is 5.32 Å². The monoisotopic (exact) mass is 364 g/mol. The van der Waals surface area contributed by atoms with E-state index in [4.69, 9.17) is 5.73 Å². The van der Waals surface area contributed by atoms with E-state index in [0.717, 1.165) is 11.3 Å². The first-order valence-electron chi connectivity index (χ1n) is 7.73. The van der Waals surface area contributed by atoms with Crippen molar-refractivity contribution < 1.29 is 4.79 Å². The van der Waals surface area contributed by atoms with Crippen LogP contribution in [0.2, 0.25) is 0 Å². The zero-order valence-electron chi connectivity index (χ0n) is 14.3. The van der Waals surface area contributed by atoms with Crippen molar-refractivity contribution in [2.45, 2.75) is 42.9 Å². The quantitative estimate of drug-likeness (QED) is 0.767. The molecule has 0 fully saturated rings. The van der Waals surface area contributed by atoms with Gasteiger partial charge in [0.25, 0.3) is 0 Å². The lowest BCUT2D eigenvalue weighted by Gasteiger charge is -2.18. The van der Waals surface area contributed by atoms with Crippen molar-refractivity contribution >= 4 is 35.8 Å². The van der Waals surface area contributed by atoms with E-state index in [0.29, 0.717) is 6.42 Å². The highest BCUT2D eigenvalue weighted by atomic mass is 35.5. The smallest absolute Gasteiger partial charge is 0.241 e. The average Bonchev–Trinajstić information content (AvgIpc) is 2.48. The molecule has 0 saturated carbocycles. The highest BCUT2D eigenvalue weighted by molar-refractivity contribution is 8.00. The van der Waals surface area contributed by atoms with Crippen LogP contribution in [0.25, 0.3) is 0 Å². The molecule has 3 nitrogen and oxygen atoms in total. The lowest BCUT2D eigenvalue weighted by molar-refractivity contribution is -0.117. The summed E-state index contributed by atoms with van der Waals surface area (Å²) in [4.78, 5) is 13.4. The van der Waals surface area contributed by atoms with Gasteiger partial charge in [-0.1, -0.05) is 51.1 Å². The second kappa shape index (κ2) is 9.11. The maximum atomic E-state index is 12.2. The molecule has 2 aromatic carbocycles. The van der Waals surface area contributed by atoms with Crippen molar-refractivity contribution in [3.8, 4) is 0 Å². The summed E-state index contributed by atoms with van der Waals surface area (Å²) >= 11 is 1.80. The Morgan fingerprint density at radius 3 is 2.21 bits per heavy atom. The fourth-order valence-corrected chi connectivity index (χ4v) is 3.13. The zero-order valence-corrected chi connectivity index (χ0v) is 15.9. The third-order valence-corrected chi connectivity index (χ3v) is 4.30. The second-order valence-electron chi connectivity index (χ2n) is 6.52. The SMILES string of the molecule is CC(C)(C)Sc1ccc(NC(=O)[C@@H](N)Cc2ccccc2)cc1.Cl. The number of benzene rings is 2. The minimum atomic E-state index is -0.555. The molecule has 0 aliphatic rings. The van der Waals surface area contributed by atoms with Gasteiger partial charge in [0.2, 0.25) is 5.91 Å². The van der Waals surface area contributed by atoms with Gasteiger partial charge in [0.05, 0.1) is 6.04 Å². The lowest BCUT2D eigenvalue weighted by atomic mass is 10.1. The van der Waals surface area contributed by atoms with Crippen LogP contribution >= 0.6 is 24.2 Å². The van der Waals surface area contributed by atoms with Crippen molar-refractivity contribution in [2.24, 2.45) is 5.73 Å². The van der Waals surface area contributed by atoms with Crippen molar-refractivity contribution in [1.29, 1.82) is 0 Å². The van der Waals surface area contributed by atoms with Gasteiger partial charge in [-0.05, 0) is 36.2 Å². The number of hydrogen-bond donors (Lipinski definition) is 2. The molecule has 24 heavy (non-hydrogen) atoms. The van der Waals surface area contributed by atoms with E-state index in [9.17, 15) is 4.79 Å². The van der Waals surface area contributed by atoms with Crippen LogP contribution in [0.1, 0.15) is 26.3 Å². The molecule has 1 atom stereocenters. The van der Waals surface area contributed by atoms with Crippen LogP contribution in [-0.2, 0) is 11.2 Å². The summed E-state index contributed by atoms with van der Waals surface area (Å²) in [5.41, 5.74) is 7.83. The summed E-state index contributed by atoms with van der Waals surface area (Å²) in [5.74, 6) is -0.162. The lowest BCUT2D eigenvalue weighted by Crippen LogP contribution is -2.37. The number of carbonyl (C=O) groups is 1. The van der Waals surface area contributed by atoms with Gasteiger partial charge in [0.1, 0.15) is 0 Å². The van der Waals surface area contributed by atoms with Crippen LogP contribution < -0.4 is 11.1 Å². The van der Waals surface area contributed by atoms with E-state index in [1.807, 2.05) is 54.6 Å². The molecule has 0 aromatic heterocycles. The molecule has 0 unspecified atom stereocenters. The van der Waals surface area contributed by atoms with E-state index >= 15 is 0 Å². The number of amides is 1. The minimum Gasteiger partial charge on any atom is -0.325 e. The van der Waals surface area contributed by atoms with E-state index in [-0.39, 0.29) is 23.1 Å². The largest absolute Gasteiger partial charge is 0.325 e. The number of carbonyl (C=O) groups excluding carboxylic acids is 1. The number of thioether (sulfide) groups is 1. The minimum absolute atomic E-state index is 0. The molecule has 0 heterocycles. The molecule has 0 aliphatic heterocycles. The van der Waals surface area contributed by atoms with Crippen molar-refractivity contribution in [3.63, 3.8) is 0 Å². The van der Waals surface area contributed by atoms with Crippen molar-refractivity contribution in [1.82, 2.24) is 0 Å². The Morgan fingerprint density at radius 1 is 1.08 bits per heavy atom. The van der Waals surface area contributed by atoms with E-state index in [2.05, 4.69) is 26.1 Å². The topological polar surface area (TPSA) is 55.1 Å².